The highest BCUT2D eigenvalue weighted by atomic mass is 32.2. The number of anilines is 1. The van der Waals surface area contributed by atoms with E-state index in [9.17, 15) is 0 Å². The van der Waals surface area contributed by atoms with E-state index in [2.05, 4.69) is 23.8 Å². The van der Waals surface area contributed by atoms with Crippen LogP contribution in [-0.4, -0.2) is 21.8 Å². The summed E-state index contributed by atoms with van der Waals surface area (Å²) in [6.07, 6.45) is 3.53. The van der Waals surface area contributed by atoms with E-state index in [4.69, 9.17) is 10.5 Å². The molecule has 0 aromatic carbocycles. The van der Waals surface area contributed by atoms with Gasteiger partial charge in [0.2, 0.25) is 5.88 Å². The average Bonchev–Trinajstić information content (AvgIpc) is 2.30. The average molecular weight is 241 g/mol. The normalized spacial score (nSPS) is 12.4. The summed E-state index contributed by atoms with van der Waals surface area (Å²) in [6, 6.07) is 0. The van der Waals surface area contributed by atoms with Crippen molar-refractivity contribution >= 4 is 17.4 Å². The van der Waals surface area contributed by atoms with Crippen molar-refractivity contribution in [1.82, 2.24) is 9.97 Å². The van der Waals surface area contributed by atoms with Gasteiger partial charge in [0.15, 0.2) is 0 Å². The van der Waals surface area contributed by atoms with E-state index >= 15 is 0 Å². The van der Waals surface area contributed by atoms with Crippen molar-refractivity contribution in [1.29, 1.82) is 0 Å². The van der Waals surface area contributed by atoms with Crippen LogP contribution >= 0.6 is 11.8 Å². The Hall–Kier alpha value is -0.970. The quantitative estimate of drug-likeness (QED) is 0.613. The van der Waals surface area contributed by atoms with Crippen LogP contribution in [0, 0.1) is 0 Å². The Labute approximate surface area is 101 Å². The number of ether oxygens (including phenoxy) is 1. The fraction of sp³-hybridized carbons (Fsp3) is 0.636. The summed E-state index contributed by atoms with van der Waals surface area (Å²) in [6.45, 7) is 6.98. The van der Waals surface area contributed by atoms with Crippen molar-refractivity contribution in [2.45, 2.75) is 43.9 Å². The van der Waals surface area contributed by atoms with Gasteiger partial charge in [-0.2, -0.15) is 4.98 Å². The smallest absolute Gasteiger partial charge is 0.241 e. The Kier molecular flexibility index (Phi) is 5.38. The van der Waals surface area contributed by atoms with Crippen LogP contribution in [0.2, 0.25) is 0 Å². The number of rotatable bonds is 6. The van der Waals surface area contributed by atoms with Crippen molar-refractivity contribution in [3.63, 3.8) is 0 Å². The molecule has 0 saturated carbocycles. The second-order valence-electron chi connectivity index (χ2n) is 3.58. The fourth-order valence-corrected chi connectivity index (χ4v) is 1.92. The van der Waals surface area contributed by atoms with Crippen LogP contribution in [0.3, 0.4) is 0 Å². The van der Waals surface area contributed by atoms with Gasteiger partial charge < -0.3 is 10.5 Å². The summed E-state index contributed by atoms with van der Waals surface area (Å²) in [4.78, 5) is 8.22. The van der Waals surface area contributed by atoms with Crippen molar-refractivity contribution in [3.8, 4) is 5.88 Å². The summed E-state index contributed by atoms with van der Waals surface area (Å²) < 4.78 is 5.45. The molecule has 1 aromatic rings. The molecule has 1 aromatic heterocycles. The van der Waals surface area contributed by atoms with Crippen LogP contribution in [0.1, 0.15) is 33.6 Å². The first-order valence-electron chi connectivity index (χ1n) is 5.58. The third-order valence-electron chi connectivity index (χ3n) is 2.14. The number of nitrogens with zero attached hydrogens (tertiary/aromatic N) is 2. The molecule has 2 N–H and O–H groups in total. The Morgan fingerprint density at radius 1 is 1.44 bits per heavy atom. The fourth-order valence-electron chi connectivity index (χ4n) is 1.05. The van der Waals surface area contributed by atoms with E-state index in [1.807, 2.05) is 6.92 Å². The lowest BCUT2D eigenvalue weighted by Crippen LogP contribution is -2.05. The molecule has 4 nitrogen and oxygen atoms in total. The van der Waals surface area contributed by atoms with Gasteiger partial charge in [-0.3, -0.25) is 0 Å². The van der Waals surface area contributed by atoms with Crippen molar-refractivity contribution in [2.75, 3.05) is 12.3 Å². The highest BCUT2D eigenvalue weighted by Gasteiger charge is 2.12. The molecule has 0 saturated heterocycles. The summed E-state index contributed by atoms with van der Waals surface area (Å²) in [5.41, 5.74) is 6.51. The first-order chi connectivity index (χ1) is 7.69. The summed E-state index contributed by atoms with van der Waals surface area (Å²) in [7, 11) is 0. The van der Waals surface area contributed by atoms with E-state index in [0.717, 1.165) is 17.9 Å². The molecular weight excluding hydrogens is 222 g/mol. The van der Waals surface area contributed by atoms with Gasteiger partial charge in [0.05, 0.1) is 6.61 Å². The lowest BCUT2D eigenvalue weighted by atomic mass is 10.4. The predicted octanol–water partition coefficient (Wildman–Crippen LogP) is 2.74. The number of nitrogens with two attached hydrogens (primary N) is 1. The molecule has 0 spiro atoms. The number of nitrogen functional groups attached to an aromatic ring is 1. The van der Waals surface area contributed by atoms with Crippen LogP contribution in [0.15, 0.2) is 11.4 Å². The van der Waals surface area contributed by atoms with E-state index in [0.29, 0.717) is 23.4 Å². The van der Waals surface area contributed by atoms with E-state index in [-0.39, 0.29) is 0 Å². The van der Waals surface area contributed by atoms with Gasteiger partial charge in [0.25, 0.3) is 0 Å². The number of hydrogen-bond donors (Lipinski definition) is 1. The molecule has 1 rings (SSSR count). The highest BCUT2D eigenvalue weighted by Crippen LogP contribution is 2.32. The van der Waals surface area contributed by atoms with Crippen LogP contribution < -0.4 is 10.5 Å². The molecule has 0 aliphatic heterocycles. The monoisotopic (exact) mass is 241 g/mol. The first-order valence-corrected chi connectivity index (χ1v) is 6.46. The molecular formula is C11H19N3OS. The topological polar surface area (TPSA) is 61.0 Å². The van der Waals surface area contributed by atoms with Crippen molar-refractivity contribution in [2.24, 2.45) is 0 Å². The molecule has 0 bridgehead atoms. The standard InChI is InChI=1S/C11H19N3OS/c1-4-6-15-10-9(12)11(14-7-13-10)16-8(3)5-2/h7-8H,4-6,12H2,1-3H3. The minimum absolute atomic E-state index is 0.497. The molecule has 5 heteroatoms. The summed E-state index contributed by atoms with van der Waals surface area (Å²) in [5.74, 6) is 0.502. The maximum atomic E-state index is 5.96. The molecule has 0 amide bonds. The zero-order chi connectivity index (χ0) is 12.0. The Balaban J connectivity index is 2.77. The third kappa shape index (κ3) is 3.56. The Morgan fingerprint density at radius 2 is 2.19 bits per heavy atom. The number of thioether (sulfide) groups is 1. The molecule has 0 aliphatic carbocycles. The molecule has 1 unspecified atom stereocenters. The third-order valence-corrected chi connectivity index (χ3v) is 3.43. The van der Waals surface area contributed by atoms with Gasteiger partial charge in [-0.15, -0.1) is 11.8 Å². The van der Waals surface area contributed by atoms with Gasteiger partial charge in [0, 0.05) is 5.25 Å². The van der Waals surface area contributed by atoms with Crippen LogP contribution in [-0.2, 0) is 0 Å². The lowest BCUT2D eigenvalue weighted by molar-refractivity contribution is 0.305. The minimum Gasteiger partial charge on any atom is -0.476 e. The van der Waals surface area contributed by atoms with Gasteiger partial charge in [0.1, 0.15) is 17.0 Å². The Morgan fingerprint density at radius 3 is 2.81 bits per heavy atom. The van der Waals surface area contributed by atoms with E-state index in [1.54, 1.807) is 11.8 Å². The van der Waals surface area contributed by atoms with Crippen LogP contribution in [0.4, 0.5) is 5.69 Å². The molecule has 16 heavy (non-hydrogen) atoms. The SMILES string of the molecule is CCCOc1ncnc(SC(C)CC)c1N. The zero-order valence-electron chi connectivity index (χ0n) is 10.1. The second kappa shape index (κ2) is 6.58. The number of hydrogen-bond acceptors (Lipinski definition) is 5. The molecule has 1 atom stereocenters. The molecule has 90 valence electrons. The van der Waals surface area contributed by atoms with Gasteiger partial charge in [-0.25, -0.2) is 4.98 Å². The van der Waals surface area contributed by atoms with Gasteiger partial charge in [-0.1, -0.05) is 20.8 Å². The summed E-state index contributed by atoms with van der Waals surface area (Å²) >= 11 is 1.66. The van der Waals surface area contributed by atoms with Crippen LogP contribution in [0.5, 0.6) is 5.88 Å². The van der Waals surface area contributed by atoms with Crippen molar-refractivity contribution < 1.29 is 4.74 Å². The second-order valence-corrected chi connectivity index (χ2v) is 5.01. The minimum atomic E-state index is 0.497. The molecule has 0 radical (unpaired) electrons. The zero-order valence-corrected chi connectivity index (χ0v) is 10.9. The molecule has 1 heterocycles. The van der Waals surface area contributed by atoms with E-state index in [1.165, 1.54) is 6.33 Å². The highest BCUT2D eigenvalue weighted by molar-refractivity contribution is 8.00. The maximum Gasteiger partial charge on any atom is 0.241 e. The molecule has 0 fully saturated rings. The summed E-state index contributed by atoms with van der Waals surface area (Å²) in [5, 5.41) is 1.31. The maximum absolute atomic E-state index is 5.96. The van der Waals surface area contributed by atoms with Crippen LogP contribution in [0.25, 0.3) is 0 Å². The first kappa shape index (κ1) is 13.1. The molecule has 0 aliphatic rings. The lowest BCUT2D eigenvalue weighted by Gasteiger charge is -2.11. The number of aromatic nitrogens is 2. The van der Waals surface area contributed by atoms with Gasteiger partial charge >= 0.3 is 0 Å². The Bertz CT molecular complexity index is 333. The van der Waals surface area contributed by atoms with E-state index < -0.39 is 0 Å². The predicted molar refractivity (Wildman–Crippen MR) is 67.8 cm³/mol. The van der Waals surface area contributed by atoms with Crippen molar-refractivity contribution in [3.05, 3.63) is 6.33 Å². The largest absolute Gasteiger partial charge is 0.476 e. The van der Waals surface area contributed by atoms with Gasteiger partial charge in [-0.05, 0) is 12.8 Å².